The lowest BCUT2D eigenvalue weighted by Crippen LogP contribution is -2.29. The number of aliphatic carboxylic acids is 1. The van der Waals surface area contributed by atoms with Crippen molar-refractivity contribution in [2.24, 2.45) is 0 Å². The largest absolute Gasteiger partial charge is 0.480 e. The highest BCUT2D eigenvalue weighted by atomic mass is 19.1. The smallest absolute Gasteiger partial charge is 0.322 e. The number of carboxylic acids is 1. The number of rotatable bonds is 4. The van der Waals surface area contributed by atoms with Crippen LogP contribution in [-0.4, -0.2) is 23.5 Å². The molecular weight excluding hydrogens is 213 g/mol. The molecule has 1 aromatic rings. The van der Waals surface area contributed by atoms with Gasteiger partial charge in [-0.25, -0.2) is 4.39 Å². The maximum Gasteiger partial charge on any atom is 0.322 e. The monoisotopic (exact) mass is 225 g/mol. The number of carbonyl (C=O) groups is 2. The van der Waals surface area contributed by atoms with Gasteiger partial charge in [-0.3, -0.25) is 9.59 Å². The highest BCUT2D eigenvalue weighted by Gasteiger charge is 2.12. The van der Waals surface area contributed by atoms with E-state index in [1.54, 1.807) is 6.07 Å². The van der Waals surface area contributed by atoms with E-state index in [4.69, 9.17) is 5.11 Å². The van der Waals surface area contributed by atoms with Crippen molar-refractivity contribution in [2.75, 3.05) is 6.54 Å². The van der Waals surface area contributed by atoms with Crippen molar-refractivity contribution in [3.05, 3.63) is 35.1 Å². The molecule has 0 aromatic heterocycles. The first kappa shape index (κ1) is 12.2. The van der Waals surface area contributed by atoms with Gasteiger partial charge in [0, 0.05) is 0 Å². The quantitative estimate of drug-likeness (QED) is 0.809. The molecule has 0 unspecified atom stereocenters. The zero-order chi connectivity index (χ0) is 12.1. The summed E-state index contributed by atoms with van der Waals surface area (Å²) in [5.74, 6) is -2.53. The van der Waals surface area contributed by atoms with E-state index in [9.17, 15) is 14.0 Å². The molecule has 1 rings (SSSR count). The molecule has 1 amide bonds. The van der Waals surface area contributed by atoms with Gasteiger partial charge in [-0.1, -0.05) is 13.0 Å². The fraction of sp³-hybridized carbons (Fsp3) is 0.273. The Bertz CT molecular complexity index is 418. The highest BCUT2D eigenvalue weighted by molar-refractivity contribution is 5.96. The third-order valence-corrected chi connectivity index (χ3v) is 2.08. The number of nitrogens with one attached hydrogen (secondary N) is 1. The van der Waals surface area contributed by atoms with Crippen LogP contribution in [0, 0.1) is 5.82 Å². The van der Waals surface area contributed by atoms with Gasteiger partial charge in [-0.05, 0) is 24.1 Å². The van der Waals surface area contributed by atoms with Crippen molar-refractivity contribution < 1.29 is 19.1 Å². The van der Waals surface area contributed by atoms with Crippen LogP contribution in [0.1, 0.15) is 22.8 Å². The topological polar surface area (TPSA) is 66.4 Å². The van der Waals surface area contributed by atoms with Crippen LogP contribution in [0.3, 0.4) is 0 Å². The van der Waals surface area contributed by atoms with Crippen molar-refractivity contribution in [3.63, 3.8) is 0 Å². The van der Waals surface area contributed by atoms with Crippen molar-refractivity contribution in [1.82, 2.24) is 5.32 Å². The maximum absolute atomic E-state index is 13.3. The van der Waals surface area contributed by atoms with Gasteiger partial charge < -0.3 is 10.4 Å². The van der Waals surface area contributed by atoms with Crippen LogP contribution in [0.2, 0.25) is 0 Å². The second-order valence-electron chi connectivity index (χ2n) is 3.24. The van der Waals surface area contributed by atoms with Gasteiger partial charge in [0.2, 0.25) is 0 Å². The van der Waals surface area contributed by atoms with Crippen molar-refractivity contribution in [1.29, 1.82) is 0 Å². The maximum atomic E-state index is 13.3. The number of hydrogen-bond donors (Lipinski definition) is 2. The Balaban J connectivity index is 2.85. The van der Waals surface area contributed by atoms with Crippen LogP contribution in [0.15, 0.2) is 18.2 Å². The van der Waals surface area contributed by atoms with E-state index in [1.807, 2.05) is 6.92 Å². The molecule has 1 aromatic carbocycles. The van der Waals surface area contributed by atoms with Gasteiger partial charge in [0.05, 0.1) is 5.56 Å². The van der Waals surface area contributed by atoms with E-state index in [0.29, 0.717) is 6.42 Å². The van der Waals surface area contributed by atoms with Gasteiger partial charge in [0.1, 0.15) is 12.4 Å². The van der Waals surface area contributed by atoms with Gasteiger partial charge in [-0.2, -0.15) is 0 Å². The van der Waals surface area contributed by atoms with Crippen LogP contribution < -0.4 is 5.32 Å². The van der Waals surface area contributed by atoms with Gasteiger partial charge in [0.15, 0.2) is 0 Å². The van der Waals surface area contributed by atoms with Crippen molar-refractivity contribution in [2.45, 2.75) is 13.3 Å². The molecule has 0 bridgehead atoms. The number of carbonyl (C=O) groups excluding carboxylic acids is 1. The standard InChI is InChI=1S/C11H12FNO3/c1-2-7-3-4-9(12)8(5-7)11(16)13-6-10(14)15/h3-5H,2,6H2,1H3,(H,13,16)(H,14,15). The van der Waals surface area contributed by atoms with Gasteiger partial charge >= 0.3 is 5.97 Å². The number of amides is 1. The lowest BCUT2D eigenvalue weighted by Gasteiger charge is -2.05. The van der Waals surface area contributed by atoms with Crippen LogP contribution >= 0.6 is 0 Å². The molecule has 0 radical (unpaired) electrons. The SMILES string of the molecule is CCc1ccc(F)c(C(=O)NCC(=O)O)c1. The second-order valence-corrected chi connectivity index (χ2v) is 3.24. The van der Waals surface area contributed by atoms with E-state index < -0.39 is 24.2 Å². The molecule has 0 heterocycles. The predicted molar refractivity (Wildman–Crippen MR) is 55.7 cm³/mol. The molecule has 86 valence electrons. The highest BCUT2D eigenvalue weighted by Crippen LogP contribution is 2.11. The predicted octanol–water partition coefficient (Wildman–Crippen LogP) is 1.20. The molecule has 2 N–H and O–H groups in total. The minimum Gasteiger partial charge on any atom is -0.480 e. The summed E-state index contributed by atoms with van der Waals surface area (Å²) in [5, 5.41) is 10.5. The molecule has 0 spiro atoms. The third-order valence-electron chi connectivity index (χ3n) is 2.08. The first-order valence-electron chi connectivity index (χ1n) is 4.83. The number of aryl methyl sites for hydroxylation is 1. The molecule has 0 aliphatic heterocycles. The summed E-state index contributed by atoms with van der Waals surface area (Å²) < 4.78 is 13.3. The molecular formula is C11H12FNO3. The Kier molecular flexibility index (Phi) is 3.99. The second kappa shape index (κ2) is 5.25. The molecule has 4 nitrogen and oxygen atoms in total. The van der Waals surface area contributed by atoms with Crippen LogP contribution in [0.4, 0.5) is 4.39 Å². The average molecular weight is 225 g/mol. The third kappa shape index (κ3) is 3.05. The molecule has 5 heteroatoms. The Labute approximate surface area is 92.1 Å². The van der Waals surface area contributed by atoms with E-state index in [2.05, 4.69) is 5.32 Å². The Hall–Kier alpha value is -1.91. The number of carboxylic acid groups (broad SMARTS) is 1. The summed E-state index contributed by atoms with van der Waals surface area (Å²) in [5.41, 5.74) is 0.697. The van der Waals surface area contributed by atoms with Crippen LogP contribution in [-0.2, 0) is 11.2 Å². The summed E-state index contributed by atoms with van der Waals surface area (Å²) >= 11 is 0. The summed E-state index contributed by atoms with van der Waals surface area (Å²) in [6.07, 6.45) is 0.680. The summed E-state index contributed by atoms with van der Waals surface area (Å²) in [7, 11) is 0. The summed E-state index contributed by atoms with van der Waals surface area (Å²) in [6.45, 7) is 1.36. The van der Waals surface area contributed by atoms with E-state index >= 15 is 0 Å². The van der Waals surface area contributed by atoms with E-state index in [1.165, 1.54) is 12.1 Å². The first-order chi connectivity index (χ1) is 7.54. The van der Waals surface area contributed by atoms with Crippen LogP contribution in [0.25, 0.3) is 0 Å². The average Bonchev–Trinajstić information content (AvgIpc) is 2.26. The molecule has 0 atom stereocenters. The fourth-order valence-corrected chi connectivity index (χ4v) is 1.22. The molecule has 0 fully saturated rings. The minimum atomic E-state index is -1.17. The molecule has 0 saturated carbocycles. The van der Waals surface area contributed by atoms with Gasteiger partial charge in [0.25, 0.3) is 5.91 Å². The summed E-state index contributed by atoms with van der Waals surface area (Å²) in [4.78, 5) is 21.7. The number of hydrogen-bond acceptors (Lipinski definition) is 2. The lowest BCUT2D eigenvalue weighted by molar-refractivity contribution is -0.135. The minimum absolute atomic E-state index is 0.124. The normalized spacial score (nSPS) is 9.88. The Morgan fingerprint density at radius 3 is 2.69 bits per heavy atom. The van der Waals surface area contributed by atoms with Crippen LogP contribution in [0.5, 0.6) is 0 Å². The lowest BCUT2D eigenvalue weighted by atomic mass is 10.1. The Morgan fingerprint density at radius 2 is 2.12 bits per heavy atom. The Morgan fingerprint density at radius 1 is 1.44 bits per heavy atom. The first-order valence-corrected chi connectivity index (χ1v) is 4.83. The van der Waals surface area contributed by atoms with E-state index in [-0.39, 0.29) is 5.56 Å². The molecule has 0 aliphatic rings. The molecule has 16 heavy (non-hydrogen) atoms. The molecule has 0 saturated heterocycles. The van der Waals surface area contributed by atoms with Crippen molar-refractivity contribution >= 4 is 11.9 Å². The zero-order valence-corrected chi connectivity index (χ0v) is 8.79. The molecule has 0 aliphatic carbocycles. The van der Waals surface area contributed by atoms with Crippen molar-refractivity contribution in [3.8, 4) is 0 Å². The zero-order valence-electron chi connectivity index (χ0n) is 8.79. The summed E-state index contributed by atoms with van der Waals surface area (Å²) in [6, 6.07) is 4.21. The van der Waals surface area contributed by atoms with E-state index in [0.717, 1.165) is 5.56 Å². The number of benzene rings is 1. The fourth-order valence-electron chi connectivity index (χ4n) is 1.22. The van der Waals surface area contributed by atoms with Gasteiger partial charge in [-0.15, -0.1) is 0 Å². The number of halogens is 1.